The summed E-state index contributed by atoms with van der Waals surface area (Å²) in [5.41, 5.74) is 5.50. The van der Waals surface area contributed by atoms with Crippen LogP contribution in [0.15, 0.2) is 0 Å². The quantitative estimate of drug-likeness (QED) is 0.831. The Morgan fingerprint density at radius 1 is 1.25 bits per heavy atom. The van der Waals surface area contributed by atoms with Crippen molar-refractivity contribution in [2.45, 2.75) is 38.5 Å². The van der Waals surface area contributed by atoms with Gasteiger partial charge < -0.3 is 15.8 Å². The van der Waals surface area contributed by atoms with Gasteiger partial charge in [-0.3, -0.25) is 4.79 Å². The van der Waals surface area contributed by atoms with Crippen molar-refractivity contribution < 1.29 is 9.53 Å². The number of rotatable bonds is 4. The summed E-state index contributed by atoms with van der Waals surface area (Å²) >= 11 is 0. The molecular weight excluding hydrogens is 276 g/mol. The molecule has 2 saturated carbocycles. The molecule has 5 heteroatoms. The largest absolute Gasteiger partial charge is 0.381 e. The van der Waals surface area contributed by atoms with Gasteiger partial charge in [-0.1, -0.05) is 6.42 Å². The second kappa shape index (κ2) is 6.63. The minimum absolute atomic E-state index is 0. The molecule has 0 spiro atoms. The van der Waals surface area contributed by atoms with Gasteiger partial charge in [0.2, 0.25) is 5.91 Å². The van der Waals surface area contributed by atoms with E-state index in [0.717, 1.165) is 37.1 Å². The molecule has 2 bridgehead atoms. The summed E-state index contributed by atoms with van der Waals surface area (Å²) in [6, 6.07) is 0. The van der Waals surface area contributed by atoms with E-state index in [2.05, 4.69) is 5.32 Å². The van der Waals surface area contributed by atoms with Crippen LogP contribution in [-0.2, 0) is 9.53 Å². The molecule has 3 aliphatic rings. The zero-order chi connectivity index (χ0) is 13.3. The van der Waals surface area contributed by atoms with E-state index < -0.39 is 0 Å². The van der Waals surface area contributed by atoms with Crippen molar-refractivity contribution in [1.82, 2.24) is 5.32 Å². The van der Waals surface area contributed by atoms with Crippen molar-refractivity contribution in [2.75, 3.05) is 26.3 Å². The lowest BCUT2D eigenvalue weighted by Crippen LogP contribution is -2.50. The molecule has 3 fully saturated rings. The fourth-order valence-electron chi connectivity index (χ4n) is 4.32. The zero-order valence-corrected chi connectivity index (χ0v) is 12.9. The molecule has 2 aliphatic carbocycles. The molecule has 0 aromatic heterocycles. The lowest BCUT2D eigenvalue weighted by molar-refractivity contribution is -0.136. The van der Waals surface area contributed by atoms with Crippen LogP contribution in [0.2, 0.25) is 0 Å². The van der Waals surface area contributed by atoms with Gasteiger partial charge >= 0.3 is 0 Å². The third-order valence-corrected chi connectivity index (χ3v) is 5.73. The summed E-state index contributed by atoms with van der Waals surface area (Å²) in [5, 5.41) is 3.20. The van der Waals surface area contributed by atoms with Crippen molar-refractivity contribution in [1.29, 1.82) is 0 Å². The van der Waals surface area contributed by atoms with Crippen LogP contribution in [0.3, 0.4) is 0 Å². The monoisotopic (exact) mass is 302 g/mol. The molecule has 1 amide bonds. The average molecular weight is 303 g/mol. The molecule has 116 valence electrons. The summed E-state index contributed by atoms with van der Waals surface area (Å²) in [6.45, 7) is 2.64. The molecule has 1 aliphatic heterocycles. The predicted molar refractivity (Wildman–Crippen MR) is 80.7 cm³/mol. The van der Waals surface area contributed by atoms with Gasteiger partial charge in [-0.05, 0) is 49.9 Å². The number of amides is 1. The van der Waals surface area contributed by atoms with E-state index in [-0.39, 0.29) is 23.7 Å². The number of nitrogens with two attached hydrogens (primary N) is 1. The molecule has 3 atom stereocenters. The van der Waals surface area contributed by atoms with Crippen molar-refractivity contribution in [3.63, 3.8) is 0 Å². The highest BCUT2D eigenvalue weighted by molar-refractivity contribution is 5.85. The molecule has 3 rings (SSSR count). The second-order valence-electron chi connectivity index (χ2n) is 6.74. The SMILES string of the molecule is Cl.NCC1(C(=O)NCC2CC3CCC2C3)CCOCC1. The third-order valence-electron chi connectivity index (χ3n) is 5.73. The van der Waals surface area contributed by atoms with Gasteiger partial charge in [0.05, 0.1) is 5.41 Å². The Bertz CT molecular complexity index is 345. The number of hydrogen-bond acceptors (Lipinski definition) is 3. The molecule has 0 aromatic rings. The van der Waals surface area contributed by atoms with E-state index in [1.54, 1.807) is 0 Å². The summed E-state index contributed by atoms with van der Waals surface area (Å²) in [7, 11) is 0. The summed E-state index contributed by atoms with van der Waals surface area (Å²) in [4.78, 5) is 12.5. The molecule has 3 unspecified atom stereocenters. The maximum atomic E-state index is 12.5. The van der Waals surface area contributed by atoms with E-state index in [1.807, 2.05) is 0 Å². The first kappa shape index (κ1) is 16.1. The maximum Gasteiger partial charge on any atom is 0.227 e. The van der Waals surface area contributed by atoms with Crippen LogP contribution in [0.1, 0.15) is 38.5 Å². The Morgan fingerprint density at radius 2 is 2.00 bits per heavy atom. The standard InChI is InChI=1S/C15H26N2O2.ClH/c16-10-15(3-5-19-6-4-15)14(18)17-9-13-8-11-1-2-12(13)7-11;/h11-13H,1-10,16H2,(H,17,18);1H. The van der Waals surface area contributed by atoms with Gasteiger partial charge in [-0.2, -0.15) is 0 Å². The van der Waals surface area contributed by atoms with E-state index in [9.17, 15) is 4.79 Å². The van der Waals surface area contributed by atoms with Crippen LogP contribution in [0.5, 0.6) is 0 Å². The fourth-order valence-corrected chi connectivity index (χ4v) is 4.32. The molecule has 4 nitrogen and oxygen atoms in total. The molecule has 0 radical (unpaired) electrons. The van der Waals surface area contributed by atoms with Crippen LogP contribution in [0, 0.1) is 23.2 Å². The van der Waals surface area contributed by atoms with Crippen LogP contribution in [0.4, 0.5) is 0 Å². The number of carbonyl (C=O) groups excluding carboxylic acids is 1. The second-order valence-corrected chi connectivity index (χ2v) is 6.74. The summed E-state index contributed by atoms with van der Waals surface area (Å²) in [6.07, 6.45) is 7.05. The Morgan fingerprint density at radius 3 is 2.55 bits per heavy atom. The Kier molecular flexibility index (Phi) is 5.32. The Hall–Kier alpha value is -0.320. The first-order valence-corrected chi connectivity index (χ1v) is 7.80. The van der Waals surface area contributed by atoms with Gasteiger partial charge in [-0.25, -0.2) is 0 Å². The first-order valence-electron chi connectivity index (χ1n) is 7.80. The fraction of sp³-hybridized carbons (Fsp3) is 0.933. The highest BCUT2D eigenvalue weighted by Gasteiger charge is 2.42. The van der Waals surface area contributed by atoms with Crippen molar-refractivity contribution >= 4 is 18.3 Å². The van der Waals surface area contributed by atoms with Crippen LogP contribution in [0.25, 0.3) is 0 Å². The normalized spacial score (nSPS) is 34.5. The van der Waals surface area contributed by atoms with E-state index in [1.165, 1.54) is 25.7 Å². The van der Waals surface area contributed by atoms with Gasteiger partial charge in [0.1, 0.15) is 0 Å². The molecule has 1 heterocycles. The maximum absolute atomic E-state index is 12.5. The molecule has 3 N–H and O–H groups in total. The zero-order valence-electron chi connectivity index (χ0n) is 12.1. The highest BCUT2D eigenvalue weighted by atomic mass is 35.5. The average Bonchev–Trinajstić information content (AvgIpc) is 3.08. The number of halogens is 1. The molecule has 1 saturated heterocycles. The summed E-state index contributed by atoms with van der Waals surface area (Å²) in [5.74, 6) is 2.70. The number of carbonyl (C=O) groups is 1. The minimum atomic E-state index is -0.365. The van der Waals surface area contributed by atoms with E-state index >= 15 is 0 Å². The van der Waals surface area contributed by atoms with Crippen LogP contribution < -0.4 is 11.1 Å². The summed E-state index contributed by atoms with van der Waals surface area (Å²) < 4.78 is 5.36. The van der Waals surface area contributed by atoms with Crippen LogP contribution in [-0.4, -0.2) is 32.2 Å². The van der Waals surface area contributed by atoms with E-state index in [4.69, 9.17) is 10.5 Å². The molecular formula is C15H27ClN2O2. The number of ether oxygens (including phenoxy) is 1. The Balaban J connectivity index is 0.00000147. The first-order chi connectivity index (χ1) is 9.23. The highest BCUT2D eigenvalue weighted by Crippen LogP contribution is 2.48. The lowest BCUT2D eigenvalue weighted by atomic mass is 9.79. The lowest BCUT2D eigenvalue weighted by Gasteiger charge is -2.35. The topological polar surface area (TPSA) is 64.4 Å². The molecule has 0 aromatic carbocycles. The predicted octanol–water partition coefficient (Wildman–Crippen LogP) is 1.72. The van der Waals surface area contributed by atoms with Crippen molar-refractivity contribution in [3.05, 3.63) is 0 Å². The number of nitrogens with one attached hydrogen (secondary N) is 1. The van der Waals surface area contributed by atoms with E-state index in [0.29, 0.717) is 19.8 Å². The third kappa shape index (κ3) is 2.97. The minimum Gasteiger partial charge on any atom is -0.381 e. The van der Waals surface area contributed by atoms with Crippen molar-refractivity contribution in [3.8, 4) is 0 Å². The van der Waals surface area contributed by atoms with Gasteiger partial charge in [0.15, 0.2) is 0 Å². The molecule has 20 heavy (non-hydrogen) atoms. The Labute approximate surface area is 127 Å². The van der Waals surface area contributed by atoms with Gasteiger partial charge in [0, 0.05) is 26.3 Å². The number of hydrogen-bond donors (Lipinski definition) is 2. The smallest absolute Gasteiger partial charge is 0.227 e. The number of fused-ring (bicyclic) bond motifs is 2. The van der Waals surface area contributed by atoms with Crippen molar-refractivity contribution in [2.24, 2.45) is 28.9 Å². The van der Waals surface area contributed by atoms with Gasteiger partial charge in [0.25, 0.3) is 0 Å². The van der Waals surface area contributed by atoms with Crippen LogP contribution >= 0.6 is 12.4 Å². The van der Waals surface area contributed by atoms with Gasteiger partial charge in [-0.15, -0.1) is 12.4 Å².